The van der Waals surface area contributed by atoms with Gasteiger partial charge in [-0.2, -0.15) is 5.26 Å². The molecule has 0 amide bonds. The number of benzene rings is 3. The zero-order chi connectivity index (χ0) is 39.5. The van der Waals surface area contributed by atoms with Crippen LogP contribution in [-0.2, 0) is 24.1 Å². The number of nitro groups is 1. The molecule has 0 saturated carbocycles. The molecule has 13 heteroatoms. The zero-order valence-corrected chi connectivity index (χ0v) is 33.3. The van der Waals surface area contributed by atoms with Gasteiger partial charge >= 0.3 is 5.82 Å². The summed E-state index contributed by atoms with van der Waals surface area (Å²) in [5, 5.41) is 21.6. The highest BCUT2D eigenvalue weighted by Crippen LogP contribution is 2.51. The minimum Gasteiger partial charge on any atom is -0.497 e. The predicted molar refractivity (Wildman–Crippen MR) is 211 cm³/mol. The highest BCUT2D eigenvalue weighted by Gasteiger charge is 2.46. The molecule has 1 aromatic heterocycles. The molecule has 0 spiro atoms. The first-order chi connectivity index (χ1) is 26.6. The van der Waals surface area contributed by atoms with Crippen molar-refractivity contribution in [3.8, 4) is 29.4 Å². The van der Waals surface area contributed by atoms with Gasteiger partial charge in [0.05, 0.1) is 51.6 Å². The largest absolute Gasteiger partial charge is 0.497 e. The maximum absolute atomic E-state index is 12.3. The molecule has 1 fully saturated rings. The molecule has 1 unspecified atom stereocenters. The van der Waals surface area contributed by atoms with E-state index in [1.807, 2.05) is 78.9 Å². The quantitative estimate of drug-likeness (QED) is 0.0242. The van der Waals surface area contributed by atoms with Gasteiger partial charge in [-0.05, 0) is 80.5 Å². The van der Waals surface area contributed by atoms with Crippen molar-refractivity contribution in [1.82, 2.24) is 9.24 Å². The average Bonchev–Trinajstić information content (AvgIpc) is 3.80. The molecular formula is C42H49N4O8P. The number of hydrogen-bond donors (Lipinski definition) is 0. The van der Waals surface area contributed by atoms with Gasteiger partial charge in [-0.15, -0.1) is 5.92 Å². The van der Waals surface area contributed by atoms with Gasteiger partial charge in [0.2, 0.25) is 6.23 Å². The van der Waals surface area contributed by atoms with Gasteiger partial charge in [0.15, 0.2) is 0 Å². The van der Waals surface area contributed by atoms with Gasteiger partial charge in [0, 0.05) is 18.5 Å². The maximum Gasteiger partial charge on any atom is 0.326 e. The normalized spacial score (nSPS) is 17.5. The molecule has 2 heterocycles. The summed E-state index contributed by atoms with van der Waals surface area (Å²) >= 11 is 0. The van der Waals surface area contributed by atoms with Crippen molar-refractivity contribution in [2.45, 2.75) is 83.6 Å². The lowest BCUT2D eigenvalue weighted by Crippen LogP contribution is -2.39. The molecule has 1 aliphatic heterocycles. The number of rotatable bonds is 18. The smallest absolute Gasteiger partial charge is 0.326 e. The lowest BCUT2D eigenvalue weighted by atomic mass is 9.80. The van der Waals surface area contributed by atoms with Crippen LogP contribution in [0, 0.1) is 33.3 Å². The maximum atomic E-state index is 12.3. The predicted octanol–water partition coefficient (Wildman–Crippen LogP) is 8.74. The number of aromatic nitrogens is 1. The highest BCUT2D eigenvalue weighted by molar-refractivity contribution is 7.44. The van der Waals surface area contributed by atoms with Crippen LogP contribution in [0.3, 0.4) is 0 Å². The Morgan fingerprint density at radius 3 is 2.05 bits per heavy atom. The molecule has 55 heavy (non-hydrogen) atoms. The SMILES string of the molecule is CC#Cc1cc([N+](=O)[O-])n([C@H]2C[C@H](OP(OCCC#N)N(C(C)C)C(C)C)[C@@H](COC(c3ccccc3)(c3ccc(OC)cc3)c3ccc(OC)cc3)O2)c1. The van der Waals surface area contributed by atoms with Gasteiger partial charge in [-0.3, -0.25) is 0 Å². The first-order valence-electron chi connectivity index (χ1n) is 18.2. The minimum absolute atomic E-state index is 0.0233. The van der Waals surface area contributed by atoms with E-state index in [2.05, 4.69) is 50.3 Å². The fraction of sp³-hybridized carbons (Fsp3) is 0.405. The summed E-state index contributed by atoms with van der Waals surface area (Å²) in [7, 11) is 1.56. The van der Waals surface area contributed by atoms with Crippen LogP contribution in [0.15, 0.2) is 91.1 Å². The van der Waals surface area contributed by atoms with Crippen LogP contribution in [-0.4, -0.2) is 65.9 Å². The van der Waals surface area contributed by atoms with E-state index in [1.54, 1.807) is 27.3 Å². The minimum atomic E-state index is -1.69. The van der Waals surface area contributed by atoms with E-state index in [1.165, 1.54) is 10.6 Å². The van der Waals surface area contributed by atoms with Crippen LogP contribution in [0.2, 0.25) is 0 Å². The Balaban J connectivity index is 1.62. The Kier molecular flexibility index (Phi) is 14.4. The number of nitrogens with zero attached hydrogens (tertiary/aromatic N) is 4. The van der Waals surface area contributed by atoms with Crippen LogP contribution in [0.1, 0.15) is 75.9 Å². The molecule has 12 nitrogen and oxygen atoms in total. The molecule has 1 saturated heterocycles. The van der Waals surface area contributed by atoms with E-state index in [9.17, 15) is 15.4 Å². The number of ether oxygens (including phenoxy) is 4. The molecule has 5 rings (SSSR count). The third-order valence-corrected chi connectivity index (χ3v) is 11.5. The Bertz CT molecular complexity index is 1900. The van der Waals surface area contributed by atoms with Crippen molar-refractivity contribution in [3.63, 3.8) is 0 Å². The number of nitriles is 1. The fourth-order valence-corrected chi connectivity index (χ4v) is 8.64. The molecule has 0 N–H and O–H groups in total. The lowest BCUT2D eigenvalue weighted by molar-refractivity contribution is -0.393. The summed E-state index contributed by atoms with van der Waals surface area (Å²) in [6.07, 6.45) is -0.0104. The van der Waals surface area contributed by atoms with Crippen molar-refractivity contribution < 1.29 is 32.9 Å². The van der Waals surface area contributed by atoms with Gasteiger partial charge < -0.3 is 38.1 Å². The molecule has 3 aromatic carbocycles. The van der Waals surface area contributed by atoms with Crippen LogP contribution >= 0.6 is 8.53 Å². The molecule has 0 aliphatic carbocycles. The molecule has 290 valence electrons. The molecule has 4 aromatic rings. The number of hydrogen-bond acceptors (Lipinski definition) is 10. The van der Waals surface area contributed by atoms with E-state index < -0.39 is 37.5 Å². The molecule has 4 atom stereocenters. The van der Waals surface area contributed by atoms with Crippen molar-refractivity contribution in [1.29, 1.82) is 5.26 Å². The fourth-order valence-electron chi connectivity index (χ4n) is 6.88. The monoisotopic (exact) mass is 768 g/mol. The third kappa shape index (κ3) is 9.55. The van der Waals surface area contributed by atoms with Crippen LogP contribution in [0.5, 0.6) is 11.5 Å². The first kappa shape index (κ1) is 41.4. The van der Waals surface area contributed by atoms with Crippen molar-refractivity contribution in [2.75, 3.05) is 27.4 Å². The van der Waals surface area contributed by atoms with Gasteiger partial charge in [0.25, 0.3) is 8.53 Å². The van der Waals surface area contributed by atoms with Gasteiger partial charge in [-0.1, -0.05) is 60.5 Å². The van der Waals surface area contributed by atoms with E-state index in [0.29, 0.717) is 17.1 Å². The zero-order valence-electron chi connectivity index (χ0n) is 32.4. The van der Waals surface area contributed by atoms with Gasteiger partial charge in [-0.25, -0.2) is 9.24 Å². The second-order valence-electron chi connectivity index (χ2n) is 13.5. The van der Waals surface area contributed by atoms with E-state index in [0.717, 1.165) is 16.7 Å². The van der Waals surface area contributed by atoms with Gasteiger partial charge in [0.1, 0.15) is 35.5 Å². The Morgan fingerprint density at radius 2 is 1.55 bits per heavy atom. The van der Waals surface area contributed by atoms with Crippen LogP contribution in [0.4, 0.5) is 5.82 Å². The summed E-state index contributed by atoms with van der Waals surface area (Å²) in [4.78, 5) is 11.9. The van der Waals surface area contributed by atoms with Crippen molar-refractivity contribution in [2.24, 2.45) is 0 Å². The topological polar surface area (TPSA) is 130 Å². The van der Waals surface area contributed by atoms with E-state index in [-0.39, 0.29) is 44.0 Å². The van der Waals surface area contributed by atoms with Crippen LogP contribution in [0.25, 0.3) is 0 Å². The second-order valence-corrected chi connectivity index (χ2v) is 14.9. The Morgan fingerprint density at radius 1 is 0.964 bits per heavy atom. The molecular weight excluding hydrogens is 719 g/mol. The van der Waals surface area contributed by atoms with E-state index in [4.69, 9.17) is 28.0 Å². The first-order valence-corrected chi connectivity index (χ1v) is 19.4. The summed E-state index contributed by atoms with van der Waals surface area (Å²) in [6, 6.07) is 29.1. The third-order valence-electron chi connectivity index (χ3n) is 9.30. The summed E-state index contributed by atoms with van der Waals surface area (Å²) in [5.41, 5.74) is 1.91. The van der Waals surface area contributed by atoms with E-state index >= 15 is 0 Å². The Labute approximate surface area is 325 Å². The lowest BCUT2D eigenvalue weighted by Gasteiger charge is -2.39. The standard InChI is InChI=1S/C42H49N4O8P/c1-8-13-32-26-40(46(47)48)44(28-32)41-27-38(54-55(52-25-12-24-43)45(30(2)3)31(4)5)39(53-41)29-51-42(33-14-10-9-11-15-33,34-16-20-36(49-6)21-17-34)35-18-22-37(50-7)23-19-35/h9-11,14-23,26,28,30-31,38-39,41H,12,25,27,29H2,1-7H3/t38-,39+,41+,55?/m0/s1. The van der Waals surface area contributed by atoms with Crippen LogP contribution < -0.4 is 9.47 Å². The van der Waals surface area contributed by atoms with Crippen molar-refractivity contribution in [3.05, 3.63) is 123 Å². The molecule has 1 aliphatic rings. The molecule has 0 radical (unpaired) electrons. The highest BCUT2D eigenvalue weighted by atomic mass is 31.2. The Hall–Kier alpha value is -4.78. The number of methoxy groups -OCH3 is 2. The molecule has 0 bridgehead atoms. The summed E-state index contributed by atoms with van der Waals surface area (Å²) in [6.45, 7) is 10.2. The summed E-state index contributed by atoms with van der Waals surface area (Å²) in [5.74, 6) is 7.00. The summed E-state index contributed by atoms with van der Waals surface area (Å²) < 4.78 is 41.9. The average molecular weight is 769 g/mol. The van der Waals surface area contributed by atoms with Crippen molar-refractivity contribution >= 4 is 14.3 Å². The second kappa shape index (κ2) is 19.2.